The molecule has 4 nitrogen and oxygen atoms in total. The van der Waals surface area contributed by atoms with E-state index in [0.29, 0.717) is 24.2 Å². The molecule has 0 bridgehead atoms. The summed E-state index contributed by atoms with van der Waals surface area (Å²) < 4.78 is 1.66. The van der Waals surface area contributed by atoms with E-state index >= 15 is 0 Å². The Hall–Kier alpha value is -3.05. The standard InChI is InChI=1S/C25H24N2O2S/c1-15-6-5-7-19(13-15)23-26-24-22(25(29)27(23)11-10-18(4)28)21(14-30-24)20-9-8-16(2)12-17(20)3/h5-9,12-14H,10-11H2,1-4H3. The number of aromatic nitrogens is 2. The number of carbonyl (C=O) groups excluding carboxylic acids is 1. The fraction of sp³-hybridized carbons (Fsp3) is 0.240. The Kier molecular flexibility index (Phi) is 5.39. The van der Waals surface area contributed by atoms with Gasteiger partial charge in [0.2, 0.25) is 0 Å². The molecule has 0 unspecified atom stereocenters. The van der Waals surface area contributed by atoms with Crippen molar-refractivity contribution < 1.29 is 4.79 Å². The summed E-state index contributed by atoms with van der Waals surface area (Å²) in [7, 11) is 0. The van der Waals surface area contributed by atoms with Crippen LogP contribution in [-0.4, -0.2) is 15.3 Å². The monoisotopic (exact) mass is 416 g/mol. The summed E-state index contributed by atoms with van der Waals surface area (Å²) in [4.78, 5) is 31.0. The van der Waals surface area contributed by atoms with Crippen molar-refractivity contribution in [3.05, 3.63) is 74.9 Å². The zero-order valence-electron chi connectivity index (χ0n) is 17.7. The van der Waals surface area contributed by atoms with Crippen LogP contribution < -0.4 is 5.56 Å². The predicted octanol–water partition coefficient (Wildman–Crippen LogP) is 5.70. The second-order valence-electron chi connectivity index (χ2n) is 7.86. The highest BCUT2D eigenvalue weighted by Gasteiger charge is 2.19. The maximum Gasteiger partial charge on any atom is 0.263 e. The molecule has 0 radical (unpaired) electrons. The van der Waals surface area contributed by atoms with Gasteiger partial charge in [0.15, 0.2) is 0 Å². The first kappa shape index (κ1) is 20.2. The number of nitrogens with zero attached hydrogens (tertiary/aromatic N) is 2. The van der Waals surface area contributed by atoms with E-state index in [9.17, 15) is 9.59 Å². The molecule has 0 aliphatic carbocycles. The Morgan fingerprint density at radius 1 is 1.03 bits per heavy atom. The highest BCUT2D eigenvalue weighted by atomic mass is 32.1. The van der Waals surface area contributed by atoms with Crippen LogP contribution in [0, 0.1) is 20.8 Å². The van der Waals surface area contributed by atoms with Gasteiger partial charge in [0.05, 0.1) is 5.39 Å². The summed E-state index contributed by atoms with van der Waals surface area (Å²) in [6.07, 6.45) is 0.301. The molecule has 152 valence electrons. The predicted molar refractivity (Wildman–Crippen MR) is 124 cm³/mol. The van der Waals surface area contributed by atoms with Crippen molar-refractivity contribution in [2.75, 3.05) is 0 Å². The first-order valence-electron chi connectivity index (χ1n) is 10.0. The topological polar surface area (TPSA) is 52.0 Å². The van der Waals surface area contributed by atoms with Gasteiger partial charge >= 0.3 is 0 Å². The minimum absolute atomic E-state index is 0.0529. The third-order valence-electron chi connectivity index (χ3n) is 5.33. The van der Waals surface area contributed by atoms with E-state index in [4.69, 9.17) is 4.98 Å². The lowest BCUT2D eigenvalue weighted by Crippen LogP contribution is -2.24. The summed E-state index contributed by atoms with van der Waals surface area (Å²) in [5.74, 6) is 0.670. The number of rotatable bonds is 5. The summed E-state index contributed by atoms with van der Waals surface area (Å²) in [5, 5.41) is 2.65. The number of carbonyl (C=O) groups is 1. The Balaban J connectivity index is 1.99. The molecule has 0 N–H and O–H groups in total. The number of hydrogen-bond donors (Lipinski definition) is 0. The number of ketones is 1. The molecule has 2 aromatic carbocycles. The Morgan fingerprint density at radius 3 is 2.50 bits per heavy atom. The van der Waals surface area contributed by atoms with Crippen LogP contribution in [0.5, 0.6) is 0 Å². The van der Waals surface area contributed by atoms with Crippen LogP contribution in [0.3, 0.4) is 0 Å². The molecule has 0 atom stereocenters. The number of Topliss-reactive ketones (excluding diaryl/α,β-unsaturated/α-hetero) is 1. The third-order valence-corrected chi connectivity index (χ3v) is 6.20. The quantitative estimate of drug-likeness (QED) is 0.419. The van der Waals surface area contributed by atoms with Gasteiger partial charge in [-0.1, -0.05) is 47.5 Å². The van der Waals surface area contributed by atoms with E-state index in [1.54, 1.807) is 11.5 Å². The average Bonchev–Trinajstić information content (AvgIpc) is 3.11. The fourth-order valence-electron chi connectivity index (χ4n) is 3.82. The molecule has 2 aromatic heterocycles. The van der Waals surface area contributed by atoms with Crippen molar-refractivity contribution in [2.24, 2.45) is 0 Å². The molecule has 0 aliphatic heterocycles. The summed E-state index contributed by atoms with van der Waals surface area (Å²) >= 11 is 1.49. The molecule has 4 rings (SSSR count). The lowest BCUT2D eigenvalue weighted by atomic mass is 9.99. The van der Waals surface area contributed by atoms with Gasteiger partial charge in [-0.3, -0.25) is 14.2 Å². The highest BCUT2D eigenvalue weighted by Crippen LogP contribution is 2.34. The molecule has 0 spiro atoms. The van der Waals surface area contributed by atoms with E-state index in [-0.39, 0.29) is 11.3 Å². The van der Waals surface area contributed by atoms with Crippen molar-refractivity contribution in [3.8, 4) is 22.5 Å². The molecule has 2 heterocycles. The Morgan fingerprint density at radius 2 is 1.80 bits per heavy atom. The third kappa shape index (κ3) is 3.73. The van der Waals surface area contributed by atoms with Gasteiger partial charge in [0.1, 0.15) is 16.4 Å². The van der Waals surface area contributed by atoms with Crippen LogP contribution in [0.2, 0.25) is 0 Å². The van der Waals surface area contributed by atoms with Crippen LogP contribution in [-0.2, 0) is 11.3 Å². The van der Waals surface area contributed by atoms with Gasteiger partial charge in [-0.2, -0.15) is 0 Å². The second-order valence-corrected chi connectivity index (χ2v) is 8.72. The molecule has 0 saturated carbocycles. The number of fused-ring (bicyclic) bond motifs is 1. The summed E-state index contributed by atoms with van der Waals surface area (Å²) in [6.45, 7) is 8.02. The van der Waals surface area contributed by atoms with Crippen molar-refractivity contribution in [3.63, 3.8) is 0 Å². The van der Waals surface area contributed by atoms with Gasteiger partial charge in [0.25, 0.3) is 5.56 Å². The molecular formula is C25H24N2O2S. The Bertz CT molecular complexity index is 1330. The number of aryl methyl sites for hydroxylation is 3. The van der Waals surface area contributed by atoms with Crippen molar-refractivity contribution >= 4 is 27.3 Å². The van der Waals surface area contributed by atoms with Gasteiger partial charge < -0.3 is 0 Å². The maximum atomic E-state index is 13.7. The van der Waals surface area contributed by atoms with E-state index in [1.807, 2.05) is 36.6 Å². The summed E-state index contributed by atoms with van der Waals surface area (Å²) in [6, 6.07) is 14.2. The first-order chi connectivity index (χ1) is 14.3. The average molecular weight is 417 g/mol. The van der Waals surface area contributed by atoms with Crippen LogP contribution in [0.25, 0.3) is 32.7 Å². The number of benzene rings is 2. The maximum absolute atomic E-state index is 13.7. The molecule has 4 aromatic rings. The number of hydrogen-bond acceptors (Lipinski definition) is 4. The molecule has 0 saturated heterocycles. The minimum atomic E-state index is -0.0889. The first-order valence-corrected chi connectivity index (χ1v) is 10.9. The largest absolute Gasteiger partial charge is 0.300 e. The lowest BCUT2D eigenvalue weighted by Gasteiger charge is -2.13. The lowest BCUT2D eigenvalue weighted by molar-refractivity contribution is -0.117. The van der Waals surface area contributed by atoms with Gasteiger partial charge in [0, 0.05) is 29.5 Å². The molecule has 0 fully saturated rings. The minimum Gasteiger partial charge on any atom is -0.300 e. The SMILES string of the molecule is CC(=O)CCn1c(-c2cccc(C)c2)nc2scc(-c3ccc(C)cc3C)c2c1=O. The van der Waals surface area contributed by atoms with E-state index in [0.717, 1.165) is 32.6 Å². The summed E-state index contributed by atoms with van der Waals surface area (Å²) in [5.41, 5.74) is 6.18. The van der Waals surface area contributed by atoms with E-state index in [1.165, 1.54) is 16.9 Å². The van der Waals surface area contributed by atoms with Crippen molar-refractivity contribution in [1.29, 1.82) is 0 Å². The van der Waals surface area contributed by atoms with Gasteiger partial charge in [-0.15, -0.1) is 11.3 Å². The molecular weight excluding hydrogens is 392 g/mol. The van der Waals surface area contributed by atoms with Crippen LogP contribution in [0.1, 0.15) is 30.0 Å². The van der Waals surface area contributed by atoms with Crippen molar-refractivity contribution in [1.82, 2.24) is 9.55 Å². The Labute approximate surface area is 179 Å². The van der Waals surface area contributed by atoms with Gasteiger partial charge in [-0.25, -0.2) is 4.98 Å². The van der Waals surface area contributed by atoms with E-state index in [2.05, 4.69) is 32.0 Å². The zero-order valence-corrected chi connectivity index (χ0v) is 18.5. The van der Waals surface area contributed by atoms with Crippen molar-refractivity contribution in [2.45, 2.75) is 40.7 Å². The number of thiophene rings is 1. The normalized spacial score (nSPS) is 11.2. The molecule has 30 heavy (non-hydrogen) atoms. The second kappa shape index (κ2) is 8.00. The van der Waals surface area contributed by atoms with Crippen LogP contribution in [0.15, 0.2) is 52.6 Å². The van der Waals surface area contributed by atoms with Crippen LogP contribution in [0.4, 0.5) is 0 Å². The zero-order chi connectivity index (χ0) is 21.4. The van der Waals surface area contributed by atoms with Gasteiger partial charge in [-0.05, 0) is 44.9 Å². The van der Waals surface area contributed by atoms with E-state index < -0.39 is 0 Å². The smallest absolute Gasteiger partial charge is 0.263 e. The fourth-order valence-corrected chi connectivity index (χ4v) is 4.75. The molecule has 0 aliphatic rings. The molecule has 0 amide bonds. The van der Waals surface area contributed by atoms with Crippen LogP contribution >= 0.6 is 11.3 Å². The molecule has 5 heteroatoms. The highest BCUT2D eigenvalue weighted by molar-refractivity contribution is 7.17.